The van der Waals surface area contributed by atoms with Crippen molar-refractivity contribution in [3.63, 3.8) is 0 Å². The van der Waals surface area contributed by atoms with Gasteiger partial charge in [0.2, 0.25) is 10.0 Å². The van der Waals surface area contributed by atoms with Gasteiger partial charge in [0.05, 0.1) is 12.0 Å². The van der Waals surface area contributed by atoms with E-state index in [2.05, 4.69) is 15.0 Å². The summed E-state index contributed by atoms with van der Waals surface area (Å²) < 4.78 is 32.6. The number of nitrogens with zero attached hydrogens (tertiary/aromatic N) is 4. The number of aromatic amines is 1. The molecule has 0 spiro atoms. The number of hydrogen-bond donors (Lipinski definition) is 1. The molecule has 5 rings (SSSR count). The Labute approximate surface area is 199 Å². The normalized spacial score (nSPS) is 15.0. The molecule has 0 atom stereocenters. The smallest absolute Gasteiger partial charge is 0.243 e. The van der Waals surface area contributed by atoms with Crippen LogP contribution in [0.5, 0.6) is 5.75 Å². The lowest BCUT2D eigenvalue weighted by molar-refractivity contribution is 0.346. The van der Waals surface area contributed by atoms with Crippen molar-refractivity contribution in [1.29, 1.82) is 0 Å². The largest absolute Gasteiger partial charge is 0.497 e. The number of H-pyrrole nitrogens is 1. The lowest BCUT2D eigenvalue weighted by atomic mass is 10.1. The van der Waals surface area contributed by atoms with Gasteiger partial charge in [-0.15, -0.1) is 0 Å². The molecule has 4 aromatic rings. The van der Waals surface area contributed by atoms with Gasteiger partial charge in [0.1, 0.15) is 17.1 Å². The summed E-state index contributed by atoms with van der Waals surface area (Å²) in [6, 6.07) is 12.8. The third-order valence-electron chi connectivity index (χ3n) is 6.17. The number of rotatable bonds is 7. The first-order chi connectivity index (χ1) is 16.5. The lowest BCUT2D eigenvalue weighted by Crippen LogP contribution is -2.35. The molecule has 0 aliphatic carbocycles. The molecule has 1 saturated heterocycles. The van der Waals surface area contributed by atoms with Crippen molar-refractivity contribution in [2.24, 2.45) is 0 Å². The van der Waals surface area contributed by atoms with Crippen LogP contribution >= 0.6 is 0 Å². The maximum absolute atomic E-state index is 12.9. The number of piperidine rings is 1. The van der Waals surface area contributed by atoms with Crippen molar-refractivity contribution in [3.05, 3.63) is 66.4 Å². The number of fused-ring (bicyclic) bond motifs is 1. The third kappa shape index (κ3) is 4.67. The van der Waals surface area contributed by atoms with Crippen LogP contribution in [0, 0.1) is 0 Å². The van der Waals surface area contributed by atoms with E-state index in [-0.39, 0.29) is 0 Å². The number of benzene rings is 1. The summed E-state index contributed by atoms with van der Waals surface area (Å²) in [4.78, 5) is 17.2. The lowest BCUT2D eigenvalue weighted by Gasteiger charge is -2.25. The average Bonchev–Trinajstić information content (AvgIpc) is 3.30. The van der Waals surface area contributed by atoms with E-state index < -0.39 is 10.0 Å². The quantitative estimate of drug-likeness (QED) is 0.432. The number of aromatic nitrogens is 4. The first kappa shape index (κ1) is 22.5. The average molecular weight is 478 g/mol. The number of ether oxygens (including phenoxy) is 1. The maximum Gasteiger partial charge on any atom is 0.243 e. The zero-order chi connectivity index (χ0) is 23.5. The Kier molecular flexibility index (Phi) is 6.30. The number of methoxy groups -OCH3 is 1. The molecule has 1 N–H and O–H groups in total. The molecular weight excluding hydrogens is 450 g/mol. The summed E-state index contributed by atoms with van der Waals surface area (Å²) >= 11 is 0. The van der Waals surface area contributed by atoms with Gasteiger partial charge in [0, 0.05) is 49.2 Å². The Morgan fingerprint density at radius 2 is 1.76 bits per heavy atom. The molecule has 34 heavy (non-hydrogen) atoms. The van der Waals surface area contributed by atoms with Crippen molar-refractivity contribution in [2.45, 2.75) is 37.0 Å². The van der Waals surface area contributed by atoms with Crippen LogP contribution in [0.3, 0.4) is 0 Å². The minimum absolute atomic E-state index is 0.334. The molecule has 1 aliphatic rings. The first-order valence-corrected chi connectivity index (χ1v) is 12.9. The molecular formula is C25H27N5O3S. The molecule has 1 fully saturated rings. The van der Waals surface area contributed by atoms with E-state index in [1.54, 1.807) is 35.9 Å². The minimum atomic E-state index is -3.44. The third-order valence-corrected chi connectivity index (χ3v) is 8.08. The van der Waals surface area contributed by atoms with Crippen molar-refractivity contribution in [1.82, 2.24) is 24.2 Å². The van der Waals surface area contributed by atoms with Crippen molar-refractivity contribution >= 4 is 21.2 Å². The molecule has 1 aromatic carbocycles. The van der Waals surface area contributed by atoms with E-state index in [4.69, 9.17) is 9.72 Å². The highest BCUT2D eigenvalue weighted by Gasteiger charge is 2.25. The van der Waals surface area contributed by atoms with Crippen molar-refractivity contribution in [2.75, 3.05) is 20.2 Å². The fraction of sp³-hybridized carbons (Fsp3) is 0.320. The molecule has 4 heterocycles. The molecule has 1 aliphatic heterocycles. The Morgan fingerprint density at radius 1 is 0.971 bits per heavy atom. The summed E-state index contributed by atoms with van der Waals surface area (Å²) in [5.74, 6) is 1.63. The van der Waals surface area contributed by atoms with Gasteiger partial charge < -0.3 is 9.72 Å². The molecule has 8 nitrogen and oxygen atoms in total. The molecule has 0 unspecified atom stereocenters. The van der Waals surface area contributed by atoms with E-state index >= 15 is 0 Å². The zero-order valence-electron chi connectivity index (χ0n) is 19.1. The predicted molar refractivity (Wildman–Crippen MR) is 130 cm³/mol. The Balaban J connectivity index is 1.32. The van der Waals surface area contributed by atoms with Crippen LogP contribution < -0.4 is 4.74 Å². The molecule has 0 bridgehead atoms. The van der Waals surface area contributed by atoms with Gasteiger partial charge in [-0.05, 0) is 49.1 Å². The van der Waals surface area contributed by atoms with Gasteiger partial charge in [-0.25, -0.2) is 18.4 Å². The van der Waals surface area contributed by atoms with Gasteiger partial charge in [-0.2, -0.15) is 4.31 Å². The fourth-order valence-electron chi connectivity index (χ4n) is 4.26. The molecule has 176 valence electrons. The summed E-state index contributed by atoms with van der Waals surface area (Å²) in [6.45, 7) is 1.19. The molecule has 0 amide bonds. The summed E-state index contributed by atoms with van der Waals surface area (Å²) in [7, 11) is -1.80. The van der Waals surface area contributed by atoms with Crippen LogP contribution in [-0.2, 0) is 22.9 Å². The van der Waals surface area contributed by atoms with Crippen LogP contribution in [0.4, 0.5) is 0 Å². The highest BCUT2D eigenvalue weighted by Crippen LogP contribution is 2.26. The van der Waals surface area contributed by atoms with Crippen LogP contribution in [0.1, 0.15) is 30.8 Å². The van der Waals surface area contributed by atoms with Gasteiger partial charge in [-0.3, -0.25) is 4.98 Å². The maximum atomic E-state index is 12.9. The number of imidazole rings is 1. The number of pyridine rings is 2. The second-order valence-corrected chi connectivity index (χ2v) is 10.4. The van der Waals surface area contributed by atoms with E-state index in [9.17, 15) is 8.42 Å². The summed E-state index contributed by atoms with van der Waals surface area (Å²) in [5, 5.41) is 0. The standard InChI is InChI=1S/C25H27N5O3S/c1-33-21-11-12-26-20(16-21)7-10-24-28-23-15-19(17-27-25(23)29-24)18-5-8-22(9-6-18)34(31,32)30-13-3-2-4-14-30/h5-6,8-9,11-12,15-17H,2-4,7,10,13-14H2,1H3,(H,27,28,29). The number of aryl methyl sites for hydroxylation is 2. The van der Waals surface area contributed by atoms with E-state index in [0.29, 0.717) is 24.4 Å². The van der Waals surface area contributed by atoms with Gasteiger partial charge in [-0.1, -0.05) is 18.6 Å². The highest BCUT2D eigenvalue weighted by molar-refractivity contribution is 7.89. The molecule has 0 saturated carbocycles. The van der Waals surface area contributed by atoms with Crippen LogP contribution in [0.25, 0.3) is 22.3 Å². The monoisotopic (exact) mass is 477 g/mol. The van der Waals surface area contributed by atoms with Crippen LogP contribution in [-0.4, -0.2) is 52.9 Å². The minimum Gasteiger partial charge on any atom is -0.497 e. The van der Waals surface area contributed by atoms with E-state index in [1.165, 1.54) is 0 Å². The molecule has 0 radical (unpaired) electrons. The first-order valence-electron chi connectivity index (χ1n) is 11.5. The van der Waals surface area contributed by atoms with Gasteiger partial charge in [0.25, 0.3) is 0 Å². The van der Waals surface area contributed by atoms with Gasteiger partial charge >= 0.3 is 0 Å². The fourth-order valence-corrected chi connectivity index (χ4v) is 5.78. The van der Waals surface area contributed by atoms with E-state index in [0.717, 1.165) is 65.2 Å². The van der Waals surface area contributed by atoms with E-state index in [1.807, 2.05) is 30.3 Å². The Bertz CT molecular complexity index is 1390. The van der Waals surface area contributed by atoms with Gasteiger partial charge in [0.15, 0.2) is 5.65 Å². The van der Waals surface area contributed by atoms with Crippen molar-refractivity contribution < 1.29 is 13.2 Å². The zero-order valence-corrected chi connectivity index (χ0v) is 19.9. The highest BCUT2D eigenvalue weighted by atomic mass is 32.2. The Morgan fingerprint density at radius 3 is 2.53 bits per heavy atom. The Hall–Kier alpha value is -3.30. The number of hydrogen-bond acceptors (Lipinski definition) is 6. The second-order valence-electron chi connectivity index (χ2n) is 8.45. The molecule has 3 aromatic heterocycles. The van der Waals surface area contributed by atoms with Crippen LogP contribution in [0.2, 0.25) is 0 Å². The van der Waals surface area contributed by atoms with Crippen molar-refractivity contribution in [3.8, 4) is 16.9 Å². The number of nitrogens with one attached hydrogen (secondary N) is 1. The van der Waals surface area contributed by atoms with Crippen LogP contribution in [0.15, 0.2) is 59.8 Å². The summed E-state index contributed by atoms with van der Waals surface area (Å²) in [6.07, 6.45) is 7.89. The SMILES string of the molecule is COc1ccnc(CCc2nc3cc(-c4ccc(S(=O)(=O)N5CCCCC5)cc4)cnc3[nH]2)c1. The second kappa shape index (κ2) is 9.52. The molecule has 9 heteroatoms. The predicted octanol–water partition coefficient (Wildman–Crippen LogP) is 3.99. The topological polar surface area (TPSA) is 101 Å². The summed E-state index contributed by atoms with van der Waals surface area (Å²) in [5.41, 5.74) is 4.23. The number of sulfonamides is 1.